The second kappa shape index (κ2) is 6.58. The summed E-state index contributed by atoms with van der Waals surface area (Å²) in [4.78, 5) is 15.4. The van der Waals surface area contributed by atoms with Crippen molar-refractivity contribution in [1.29, 1.82) is 0 Å². The van der Waals surface area contributed by atoms with Gasteiger partial charge in [-0.15, -0.1) is 0 Å². The number of ether oxygens (including phenoxy) is 1. The van der Waals surface area contributed by atoms with Crippen LogP contribution in [0.3, 0.4) is 0 Å². The summed E-state index contributed by atoms with van der Waals surface area (Å²) in [5.41, 5.74) is 0.310. The standard InChI is InChI=1S/C10H9BrF2INO2/c1-2-17-10(16)6-5(3-11)4-15-8(7(6)14)9(12)13/h4,9H,2-3H2,1H3. The van der Waals surface area contributed by atoms with Crippen molar-refractivity contribution in [2.75, 3.05) is 6.61 Å². The van der Waals surface area contributed by atoms with Gasteiger partial charge in [0.1, 0.15) is 5.69 Å². The molecule has 0 aliphatic heterocycles. The summed E-state index contributed by atoms with van der Waals surface area (Å²) in [5, 5.41) is 0.355. The monoisotopic (exact) mass is 419 g/mol. The van der Waals surface area contributed by atoms with Gasteiger partial charge in [-0.3, -0.25) is 4.98 Å². The second-order valence-electron chi connectivity index (χ2n) is 3.01. The normalized spacial score (nSPS) is 10.7. The Hall–Kier alpha value is -0.310. The summed E-state index contributed by atoms with van der Waals surface area (Å²) in [6.07, 6.45) is -1.44. The van der Waals surface area contributed by atoms with Crippen LogP contribution in [0.15, 0.2) is 6.20 Å². The highest BCUT2D eigenvalue weighted by Gasteiger charge is 2.23. The molecule has 0 aliphatic carbocycles. The molecule has 94 valence electrons. The highest BCUT2D eigenvalue weighted by atomic mass is 127. The van der Waals surface area contributed by atoms with Crippen LogP contribution in [-0.4, -0.2) is 17.6 Å². The smallest absolute Gasteiger partial charge is 0.339 e. The largest absolute Gasteiger partial charge is 0.462 e. The molecule has 0 aromatic carbocycles. The maximum atomic E-state index is 12.7. The fourth-order valence-electron chi connectivity index (χ4n) is 1.22. The quantitative estimate of drug-likeness (QED) is 0.424. The summed E-state index contributed by atoms with van der Waals surface area (Å²) < 4.78 is 30.3. The number of carbonyl (C=O) groups is 1. The summed E-state index contributed by atoms with van der Waals surface area (Å²) >= 11 is 4.88. The summed E-state index contributed by atoms with van der Waals surface area (Å²) in [7, 11) is 0. The summed E-state index contributed by atoms with van der Waals surface area (Å²) in [6, 6.07) is 0. The zero-order valence-corrected chi connectivity index (χ0v) is 12.6. The molecular weight excluding hydrogens is 411 g/mol. The molecule has 1 heterocycles. The molecule has 0 fully saturated rings. The van der Waals surface area contributed by atoms with E-state index in [-0.39, 0.29) is 15.7 Å². The molecule has 0 bridgehead atoms. The maximum Gasteiger partial charge on any atom is 0.339 e. The van der Waals surface area contributed by atoms with Crippen LogP contribution in [0, 0.1) is 3.57 Å². The predicted molar refractivity (Wildman–Crippen MR) is 70.5 cm³/mol. The SMILES string of the molecule is CCOC(=O)c1c(CBr)cnc(C(F)F)c1I. The van der Waals surface area contributed by atoms with Crippen LogP contribution < -0.4 is 0 Å². The lowest BCUT2D eigenvalue weighted by Gasteiger charge is -2.11. The van der Waals surface area contributed by atoms with Gasteiger partial charge in [0.2, 0.25) is 0 Å². The number of carbonyl (C=O) groups excluding carboxylic acids is 1. The van der Waals surface area contributed by atoms with Gasteiger partial charge in [-0.05, 0) is 35.1 Å². The predicted octanol–water partition coefficient (Wildman–Crippen LogP) is 3.70. The minimum Gasteiger partial charge on any atom is -0.462 e. The van der Waals surface area contributed by atoms with Crippen LogP contribution in [0.4, 0.5) is 8.78 Å². The van der Waals surface area contributed by atoms with Crippen molar-refractivity contribution in [3.8, 4) is 0 Å². The van der Waals surface area contributed by atoms with Crippen molar-refractivity contribution in [2.45, 2.75) is 18.7 Å². The molecule has 0 unspecified atom stereocenters. The Morgan fingerprint density at radius 2 is 2.29 bits per heavy atom. The molecule has 1 aromatic rings. The van der Waals surface area contributed by atoms with Crippen LogP contribution in [0.1, 0.15) is 35.0 Å². The van der Waals surface area contributed by atoms with E-state index in [9.17, 15) is 13.6 Å². The zero-order valence-electron chi connectivity index (χ0n) is 8.84. The Morgan fingerprint density at radius 1 is 1.65 bits per heavy atom. The van der Waals surface area contributed by atoms with Crippen molar-refractivity contribution < 1.29 is 18.3 Å². The van der Waals surface area contributed by atoms with Gasteiger partial charge >= 0.3 is 5.97 Å². The minimum absolute atomic E-state index is 0.146. The Morgan fingerprint density at radius 3 is 2.76 bits per heavy atom. The van der Waals surface area contributed by atoms with E-state index in [0.717, 1.165) is 0 Å². The Balaban J connectivity index is 3.32. The van der Waals surface area contributed by atoms with Gasteiger partial charge in [-0.25, -0.2) is 13.6 Å². The highest BCUT2D eigenvalue weighted by molar-refractivity contribution is 14.1. The minimum atomic E-state index is -2.71. The van der Waals surface area contributed by atoms with Crippen molar-refractivity contribution >= 4 is 44.5 Å². The lowest BCUT2D eigenvalue weighted by molar-refractivity contribution is 0.0523. The summed E-state index contributed by atoms with van der Waals surface area (Å²) in [5.74, 6) is -0.601. The van der Waals surface area contributed by atoms with Crippen LogP contribution in [0.25, 0.3) is 0 Å². The zero-order chi connectivity index (χ0) is 13.0. The molecule has 3 nitrogen and oxygen atoms in total. The lowest BCUT2D eigenvalue weighted by Crippen LogP contribution is -2.13. The van der Waals surface area contributed by atoms with Crippen molar-refractivity contribution in [1.82, 2.24) is 4.98 Å². The van der Waals surface area contributed by atoms with E-state index in [4.69, 9.17) is 4.74 Å². The highest BCUT2D eigenvalue weighted by Crippen LogP contribution is 2.28. The van der Waals surface area contributed by atoms with E-state index < -0.39 is 18.1 Å². The first kappa shape index (κ1) is 14.7. The molecule has 7 heteroatoms. The molecular formula is C10H9BrF2INO2. The number of aromatic nitrogens is 1. The van der Waals surface area contributed by atoms with Gasteiger partial charge in [-0.2, -0.15) is 0 Å². The van der Waals surface area contributed by atoms with Gasteiger partial charge in [-0.1, -0.05) is 15.9 Å². The summed E-state index contributed by atoms with van der Waals surface area (Å²) in [6.45, 7) is 1.86. The van der Waals surface area contributed by atoms with Crippen LogP contribution in [-0.2, 0) is 10.1 Å². The number of esters is 1. The van der Waals surface area contributed by atoms with Gasteiger partial charge < -0.3 is 4.74 Å². The Bertz CT molecular complexity index is 429. The van der Waals surface area contributed by atoms with E-state index in [1.807, 2.05) is 0 Å². The molecule has 0 saturated heterocycles. The topological polar surface area (TPSA) is 39.2 Å². The van der Waals surface area contributed by atoms with Crippen LogP contribution >= 0.6 is 38.5 Å². The van der Waals surface area contributed by atoms with Crippen LogP contribution in [0.5, 0.6) is 0 Å². The number of halogens is 4. The average molecular weight is 420 g/mol. The molecule has 0 atom stereocenters. The van der Waals surface area contributed by atoms with Crippen molar-refractivity contribution in [3.63, 3.8) is 0 Å². The second-order valence-corrected chi connectivity index (χ2v) is 4.65. The fraction of sp³-hybridized carbons (Fsp3) is 0.400. The number of nitrogens with zero attached hydrogens (tertiary/aromatic N) is 1. The molecule has 0 N–H and O–H groups in total. The Labute approximate surface area is 119 Å². The first-order valence-corrected chi connectivity index (χ1v) is 6.91. The third kappa shape index (κ3) is 3.34. The van der Waals surface area contributed by atoms with Gasteiger partial charge in [0.25, 0.3) is 6.43 Å². The van der Waals surface area contributed by atoms with E-state index >= 15 is 0 Å². The third-order valence-corrected chi connectivity index (χ3v) is 3.65. The first-order valence-electron chi connectivity index (χ1n) is 4.71. The molecule has 0 aliphatic rings. The van der Waals surface area contributed by atoms with Gasteiger partial charge in [0, 0.05) is 11.5 Å². The molecule has 17 heavy (non-hydrogen) atoms. The average Bonchev–Trinajstić information content (AvgIpc) is 2.27. The molecule has 1 aromatic heterocycles. The van der Waals surface area contributed by atoms with Crippen molar-refractivity contribution in [3.05, 3.63) is 26.6 Å². The third-order valence-electron chi connectivity index (χ3n) is 1.96. The van der Waals surface area contributed by atoms with E-state index in [2.05, 4.69) is 20.9 Å². The number of hydrogen-bond donors (Lipinski definition) is 0. The molecule has 0 saturated carbocycles. The number of alkyl halides is 3. The molecule has 0 radical (unpaired) electrons. The van der Waals surface area contributed by atoms with Gasteiger partial charge in [0.05, 0.1) is 15.7 Å². The number of pyridine rings is 1. The van der Waals surface area contributed by atoms with E-state index in [1.165, 1.54) is 6.20 Å². The lowest BCUT2D eigenvalue weighted by atomic mass is 10.1. The van der Waals surface area contributed by atoms with Gasteiger partial charge in [0.15, 0.2) is 0 Å². The number of rotatable bonds is 4. The Kier molecular flexibility index (Phi) is 5.71. The number of hydrogen-bond acceptors (Lipinski definition) is 3. The van der Waals surface area contributed by atoms with E-state index in [0.29, 0.717) is 10.9 Å². The van der Waals surface area contributed by atoms with E-state index in [1.54, 1.807) is 29.5 Å². The molecule has 1 rings (SSSR count). The first-order chi connectivity index (χ1) is 8.02. The van der Waals surface area contributed by atoms with Crippen molar-refractivity contribution in [2.24, 2.45) is 0 Å². The van der Waals surface area contributed by atoms with Crippen LogP contribution in [0.2, 0.25) is 0 Å². The molecule has 0 spiro atoms. The molecule has 0 amide bonds. The fourth-order valence-corrected chi connectivity index (χ4v) is 2.58. The maximum absolute atomic E-state index is 12.7.